The fraction of sp³-hybridized carbons (Fsp3) is 0.500. The van der Waals surface area contributed by atoms with Gasteiger partial charge in [0.1, 0.15) is 12.4 Å². The molecule has 22 heavy (non-hydrogen) atoms. The smallest absolute Gasteiger partial charge is 0.163 e. The molecule has 1 heterocycles. The number of ketones is 1. The minimum Gasteiger partial charge on any atom is -0.489 e. The number of carbonyl (C=O) groups is 1. The maximum Gasteiger partial charge on any atom is 0.163 e. The van der Waals surface area contributed by atoms with Crippen molar-refractivity contribution < 1.29 is 18.7 Å². The summed E-state index contributed by atoms with van der Waals surface area (Å²) in [6.07, 6.45) is 3.71. The highest BCUT2D eigenvalue weighted by molar-refractivity contribution is 5.96. The molecule has 1 aliphatic heterocycles. The Bertz CT molecular complexity index is 502. The maximum absolute atomic E-state index is 12.5. The van der Waals surface area contributed by atoms with Gasteiger partial charge >= 0.3 is 0 Å². The van der Waals surface area contributed by atoms with Gasteiger partial charge in [-0.1, -0.05) is 6.92 Å². The highest BCUT2D eigenvalue weighted by Gasteiger charge is 2.18. The van der Waals surface area contributed by atoms with Crippen LogP contribution in [0.3, 0.4) is 0 Å². The molecule has 0 bridgehead atoms. The van der Waals surface area contributed by atoms with Crippen LogP contribution >= 0.6 is 0 Å². The maximum atomic E-state index is 12.5. The third-order valence-electron chi connectivity index (χ3n) is 4.02. The molecule has 0 aliphatic carbocycles. The Morgan fingerprint density at radius 1 is 1.32 bits per heavy atom. The Morgan fingerprint density at radius 2 is 2.00 bits per heavy atom. The van der Waals surface area contributed by atoms with Crippen LogP contribution in [0.25, 0.3) is 0 Å². The standard InChI is InChI=1S/C18H23FO3/c1-2-14(12-19)13-22-17-5-3-16(4-6-17)18(20)11-15-7-9-21-10-8-15/h3-6,12,15H,2,7-11,13H2,1H3. The molecule has 0 N–H and O–H groups in total. The molecule has 0 unspecified atom stereocenters. The van der Waals surface area contributed by atoms with Crippen molar-refractivity contribution in [3.8, 4) is 5.75 Å². The number of ether oxygens (including phenoxy) is 2. The quantitative estimate of drug-likeness (QED) is 0.703. The van der Waals surface area contributed by atoms with E-state index >= 15 is 0 Å². The van der Waals surface area contributed by atoms with E-state index < -0.39 is 0 Å². The minimum absolute atomic E-state index is 0.163. The molecular weight excluding hydrogens is 283 g/mol. The molecule has 1 saturated heterocycles. The zero-order valence-corrected chi connectivity index (χ0v) is 13.0. The van der Waals surface area contributed by atoms with Gasteiger partial charge in [-0.05, 0) is 55.0 Å². The number of hydrogen-bond donors (Lipinski definition) is 0. The van der Waals surface area contributed by atoms with Gasteiger partial charge in [-0.25, -0.2) is 4.39 Å². The van der Waals surface area contributed by atoms with Crippen LogP contribution in [0.5, 0.6) is 5.75 Å². The van der Waals surface area contributed by atoms with E-state index in [1.807, 2.05) is 6.92 Å². The van der Waals surface area contributed by atoms with Crippen LogP contribution in [0.15, 0.2) is 36.2 Å². The summed E-state index contributed by atoms with van der Waals surface area (Å²) in [5, 5.41) is 0. The molecule has 0 atom stereocenters. The van der Waals surface area contributed by atoms with E-state index in [9.17, 15) is 9.18 Å². The lowest BCUT2D eigenvalue weighted by atomic mass is 9.92. The van der Waals surface area contributed by atoms with Gasteiger partial charge in [0.25, 0.3) is 0 Å². The Morgan fingerprint density at radius 3 is 2.59 bits per heavy atom. The minimum atomic E-state index is 0.163. The van der Waals surface area contributed by atoms with Gasteiger partial charge in [-0.15, -0.1) is 0 Å². The van der Waals surface area contributed by atoms with Gasteiger partial charge in [-0.2, -0.15) is 0 Å². The second-order valence-electron chi connectivity index (χ2n) is 5.62. The average Bonchev–Trinajstić information content (AvgIpc) is 2.57. The number of halogens is 1. The summed E-state index contributed by atoms with van der Waals surface area (Å²) in [6.45, 7) is 3.63. The highest BCUT2D eigenvalue weighted by Crippen LogP contribution is 2.22. The van der Waals surface area contributed by atoms with Crippen LogP contribution in [0.1, 0.15) is 43.0 Å². The van der Waals surface area contributed by atoms with Crippen molar-refractivity contribution >= 4 is 5.78 Å². The summed E-state index contributed by atoms with van der Waals surface area (Å²) in [4.78, 5) is 12.2. The van der Waals surface area contributed by atoms with Crippen LogP contribution in [0.4, 0.5) is 4.39 Å². The number of Topliss-reactive ketones (excluding diaryl/α,β-unsaturated/α-hetero) is 1. The van der Waals surface area contributed by atoms with E-state index in [1.165, 1.54) is 0 Å². The largest absolute Gasteiger partial charge is 0.489 e. The first-order valence-corrected chi connectivity index (χ1v) is 7.85. The monoisotopic (exact) mass is 306 g/mol. The predicted molar refractivity (Wildman–Crippen MR) is 83.9 cm³/mol. The second kappa shape index (κ2) is 8.69. The molecule has 1 fully saturated rings. The third-order valence-corrected chi connectivity index (χ3v) is 4.02. The molecule has 2 rings (SSSR count). The Hall–Kier alpha value is -1.68. The summed E-state index contributed by atoms with van der Waals surface area (Å²) in [5.74, 6) is 1.24. The van der Waals surface area contributed by atoms with E-state index in [2.05, 4.69) is 0 Å². The highest BCUT2D eigenvalue weighted by atomic mass is 19.1. The fourth-order valence-electron chi connectivity index (χ4n) is 2.45. The van der Waals surface area contributed by atoms with Crippen molar-refractivity contribution in [3.63, 3.8) is 0 Å². The van der Waals surface area contributed by atoms with Crippen molar-refractivity contribution in [1.29, 1.82) is 0 Å². The molecular formula is C18H23FO3. The average molecular weight is 306 g/mol. The number of hydrogen-bond acceptors (Lipinski definition) is 3. The van der Waals surface area contributed by atoms with Gasteiger partial charge in [0.05, 0.1) is 6.33 Å². The van der Waals surface area contributed by atoms with Crippen molar-refractivity contribution in [1.82, 2.24) is 0 Å². The van der Waals surface area contributed by atoms with Crippen molar-refractivity contribution in [3.05, 3.63) is 41.7 Å². The van der Waals surface area contributed by atoms with Gasteiger partial charge < -0.3 is 9.47 Å². The van der Waals surface area contributed by atoms with Gasteiger partial charge in [0.15, 0.2) is 5.78 Å². The fourth-order valence-corrected chi connectivity index (χ4v) is 2.45. The molecule has 120 valence electrons. The van der Waals surface area contributed by atoms with Crippen LogP contribution in [-0.4, -0.2) is 25.6 Å². The summed E-state index contributed by atoms with van der Waals surface area (Å²) >= 11 is 0. The molecule has 0 aromatic heterocycles. The van der Waals surface area contributed by atoms with Gasteiger partial charge in [0, 0.05) is 25.2 Å². The zero-order chi connectivity index (χ0) is 15.8. The van der Waals surface area contributed by atoms with E-state index in [0.29, 0.717) is 42.0 Å². The summed E-state index contributed by atoms with van der Waals surface area (Å²) in [7, 11) is 0. The lowest BCUT2D eigenvalue weighted by Gasteiger charge is -2.21. The van der Waals surface area contributed by atoms with E-state index in [-0.39, 0.29) is 12.4 Å². The first-order valence-electron chi connectivity index (χ1n) is 7.85. The topological polar surface area (TPSA) is 35.5 Å². The number of benzene rings is 1. The van der Waals surface area contributed by atoms with Crippen molar-refractivity contribution in [2.45, 2.75) is 32.6 Å². The molecule has 0 saturated carbocycles. The molecule has 3 nitrogen and oxygen atoms in total. The second-order valence-corrected chi connectivity index (χ2v) is 5.62. The SMILES string of the molecule is CCC(=CF)COc1ccc(C(=O)CC2CCOCC2)cc1. The molecule has 0 radical (unpaired) electrons. The Kier molecular flexibility index (Phi) is 6.59. The van der Waals surface area contributed by atoms with E-state index in [0.717, 1.165) is 26.1 Å². The molecule has 4 heteroatoms. The van der Waals surface area contributed by atoms with Crippen molar-refractivity contribution in [2.75, 3.05) is 19.8 Å². The third kappa shape index (κ3) is 4.95. The summed E-state index contributed by atoms with van der Waals surface area (Å²) in [5.41, 5.74) is 1.32. The summed E-state index contributed by atoms with van der Waals surface area (Å²) < 4.78 is 23.3. The molecule has 0 amide bonds. The summed E-state index contributed by atoms with van der Waals surface area (Å²) in [6, 6.07) is 7.09. The van der Waals surface area contributed by atoms with Crippen LogP contribution in [0, 0.1) is 5.92 Å². The van der Waals surface area contributed by atoms with Crippen LogP contribution < -0.4 is 4.74 Å². The Labute approximate surface area is 131 Å². The number of rotatable bonds is 7. The lowest BCUT2D eigenvalue weighted by Crippen LogP contribution is -2.18. The van der Waals surface area contributed by atoms with E-state index in [1.54, 1.807) is 24.3 Å². The first-order chi connectivity index (χ1) is 10.7. The number of carbonyl (C=O) groups excluding carboxylic acids is 1. The Balaban J connectivity index is 1.86. The van der Waals surface area contributed by atoms with E-state index in [4.69, 9.17) is 9.47 Å². The molecule has 1 aromatic carbocycles. The molecule has 1 aromatic rings. The molecule has 1 aliphatic rings. The van der Waals surface area contributed by atoms with Crippen LogP contribution in [-0.2, 0) is 4.74 Å². The predicted octanol–water partition coefficient (Wildman–Crippen LogP) is 4.33. The zero-order valence-electron chi connectivity index (χ0n) is 13.0. The van der Waals surface area contributed by atoms with Gasteiger partial charge in [-0.3, -0.25) is 4.79 Å². The molecule has 0 spiro atoms. The first kappa shape index (κ1) is 16.7. The van der Waals surface area contributed by atoms with Crippen LogP contribution in [0.2, 0.25) is 0 Å². The van der Waals surface area contributed by atoms with Gasteiger partial charge in [0.2, 0.25) is 0 Å². The normalized spacial score (nSPS) is 16.5. The lowest BCUT2D eigenvalue weighted by molar-refractivity contribution is 0.0601. The van der Waals surface area contributed by atoms with Crippen molar-refractivity contribution in [2.24, 2.45) is 5.92 Å².